The Bertz CT molecular complexity index is 2010. The molecule has 1 aliphatic carbocycles. The summed E-state index contributed by atoms with van der Waals surface area (Å²) in [6.07, 6.45) is 5.42. The van der Waals surface area contributed by atoms with Crippen molar-refractivity contribution in [2.75, 3.05) is 31.0 Å². The van der Waals surface area contributed by atoms with Crippen LogP contribution in [0.25, 0.3) is 11.0 Å². The van der Waals surface area contributed by atoms with Crippen LogP contribution in [0.4, 0.5) is 17.5 Å². The number of nitrogens with one attached hydrogen (secondary N) is 2. The van der Waals surface area contributed by atoms with Crippen molar-refractivity contribution < 1.29 is 27.6 Å². The zero-order valence-corrected chi connectivity index (χ0v) is 26.3. The molecule has 246 valence electrons. The van der Waals surface area contributed by atoms with Crippen LogP contribution in [-0.4, -0.2) is 71.6 Å². The second-order valence-corrected chi connectivity index (χ2v) is 13.1. The molecule has 4 heterocycles. The molecular formula is C30H32N8O8S. The van der Waals surface area contributed by atoms with E-state index >= 15 is 0 Å². The maximum Gasteiger partial charge on any atom is 0.289 e. The first kappa shape index (κ1) is 31.8. The summed E-state index contributed by atoms with van der Waals surface area (Å²) in [6.45, 7) is -0.156. The Morgan fingerprint density at radius 3 is 2.66 bits per heavy atom. The number of nitro groups is 1. The van der Waals surface area contributed by atoms with Crippen molar-refractivity contribution in [1.29, 1.82) is 0 Å². The Hall–Kier alpha value is -5.16. The quantitative estimate of drug-likeness (QED) is 0.186. The number of ether oxygens (including phenoxy) is 2. The summed E-state index contributed by atoms with van der Waals surface area (Å²) in [5.74, 6) is 0.955. The molecule has 0 saturated heterocycles. The lowest BCUT2D eigenvalue weighted by atomic mass is 9.81. The first-order valence-electron chi connectivity index (χ1n) is 14.9. The number of nitro benzene ring substituents is 1. The van der Waals surface area contributed by atoms with E-state index < -0.39 is 31.6 Å². The molecule has 47 heavy (non-hydrogen) atoms. The van der Waals surface area contributed by atoms with E-state index in [9.17, 15) is 28.1 Å². The van der Waals surface area contributed by atoms with Gasteiger partial charge in [0, 0.05) is 43.9 Å². The minimum Gasteiger partial charge on any atom is -0.495 e. The van der Waals surface area contributed by atoms with Gasteiger partial charge >= 0.3 is 0 Å². The summed E-state index contributed by atoms with van der Waals surface area (Å²) < 4.78 is 42.4. The lowest BCUT2D eigenvalue weighted by Gasteiger charge is -2.38. The third-order valence-electron chi connectivity index (χ3n) is 8.62. The number of carbonyl (C=O) groups is 1. The van der Waals surface area contributed by atoms with Gasteiger partial charge in [0.1, 0.15) is 5.75 Å². The van der Waals surface area contributed by atoms with E-state index in [4.69, 9.17) is 9.47 Å². The molecule has 3 aromatic heterocycles. The molecule has 1 atom stereocenters. The van der Waals surface area contributed by atoms with Gasteiger partial charge in [-0.05, 0) is 43.7 Å². The van der Waals surface area contributed by atoms with Gasteiger partial charge in [-0.25, -0.2) is 18.1 Å². The number of rotatable bonds is 10. The number of para-hydroxylation sites is 1. The van der Waals surface area contributed by atoms with Gasteiger partial charge in [0.15, 0.2) is 23.1 Å². The number of amides is 1. The van der Waals surface area contributed by atoms with Gasteiger partial charge in [-0.3, -0.25) is 24.7 Å². The average molecular weight is 665 g/mol. The molecule has 1 saturated carbocycles. The molecular weight excluding hydrogens is 632 g/mol. The number of aromatic nitrogens is 4. The van der Waals surface area contributed by atoms with Crippen LogP contribution in [0.3, 0.4) is 0 Å². The molecule has 6 rings (SSSR count). The molecule has 0 radical (unpaired) electrons. The van der Waals surface area contributed by atoms with E-state index in [1.54, 1.807) is 12.1 Å². The van der Waals surface area contributed by atoms with Crippen LogP contribution in [0.5, 0.6) is 11.5 Å². The Morgan fingerprint density at radius 1 is 1.15 bits per heavy atom. The zero-order valence-electron chi connectivity index (χ0n) is 25.5. The first-order chi connectivity index (χ1) is 22.5. The van der Waals surface area contributed by atoms with Crippen LogP contribution in [-0.2, 0) is 21.4 Å². The summed E-state index contributed by atoms with van der Waals surface area (Å²) in [5.41, 5.74) is 0.0620. The third-order valence-corrected chi connectivity index (χ3v) is 10.2. The van der Waals surface area contributed by atoms with Gasteiger partial charge < -0.3 is 24.3 Å². The summed E-state index contributed by atoms with van der Waals surface area (Å²) >= 11 is 0. The molecule has 1 unspecified atom stereocenters. The van der Waals surface area contributed by atoms with E-state index in [1.165, 1.54) is 48.3 Å². The monoisotopic (exact) mass is 664 g/mol. The number of sulfonamides is 1. The highest BCUT2D eigenvalue weighted by Gasteiger charge is 2.35. The van der Waals surface area contributed by atoms with Crippen molar-refractivity contribution in [3.05, 3.63) is 75.3 Å². The molecule has 1 aromatic carbocycles. The molecule has 1 aliphatic heterocycles. The lowest BCUT2D eigenvalue weighted by Crippen LogP contribution is -2.47. The van der Waals surface area contributed by atoms with Crippen molar-refractivity contribution in [2.45, 2.75) is 49.2 Å². The highest BCUT2D eigenvalue weighted by atomic mass is 32.2. The fourth-order valence-electron chi connectivity index (χ4n) is 6.12. The highest BCUT2D eigenvalue weighted by molar-refractivity contribution is 7.89. The zero-order chi connectivity index (χ0) is 33.3. The first-order valence-corrected chi connectivity index (χ1v) is 16.3. The molecule has 17 heteroatoms. The summed E-state index contributed by atoms with van der Waals surface area (Å²) in [5, 5.41) is 14.4. The molecule has 2 N–H and O–H groups in total. The molecule has 2 aliphatic rings. The van der Waals surface area contributed by atoms with E-state index in [0.717, 1.165) is 6.07 Å². The highest BCUT2D eigenvalue weighted by Crippen LogP contribution is 2.34. The number of benzene rings is 1. The predicted octanol–water partition coefficient (Wildman–Crippen LogP) is 2.48. The van der Waals surface area contributed by atoms with Crippen LogP contribution in [0.1, 0.15) is 25.7 Å². The van der Waals surface area contributed by atoms with Crippen LogP contribution in [0, 0.1) is 16.0 Å². The van der Waals surface area contributed by atoms with E-state index in [-0.39, 0.29) is 36.6 Å². The SMILES string of the molecule is COc1cnc2ccc(=O)n(CC(NS(=O)(=O)c3ccccc3[N+](=O)[O-])[C@H]3CC[C@H](N(C)c4ncc5c(n4)NC(=O)CO5)CC3)c2c1. The topological polar surface area (TPSA) is 201 Å². The Balaban J connectivity index is 1.29. The molecule has 1 amide bonds. The number of hydrogen-bond acceptors (Lipinski definition) is 12. The number of carbonyl (C=O) groups excluding carboxylic acids is 1. The molecule has 0 spiro atoms. The predicted molar refractivity (Wildman–Crippen MR) is 170 cm³/mol. The summed E-state index contributed by atoms with van der Waals surface area (Å²) in [4.78, 5) is 50.7. The average Bonchev–Trinajstić information content (AvgIpc) is 3.08. The van der Waals surface area contributed by atoms with Crippen LogP contribution in [0.2, 0.25) is 0 Å². The van der Waals surface area contributed by atoms with Gasteiger partial charge in [0.05, 0.1) is 35.5 Å². The van der Waals surface area contributed by atoms with Crippen molar-refractivity contribution >= 4 is 44.4 Å². The Morgan fingerprint density at radius 2 is 1.91 bits per heavy atom. The van der Waals surface area contributed by atoms with Gasteiger partial charge in [0.25, 0.3) is 17.2 Å². The summed E-state index contributed by atoms with van der Waals surface area (Å²) in [7, 11) is -1.07. The maximum atomic E-state index is 13.7. The fraction of sp³-hybridized carbons (Fsp3) is 0.367. The van der Waals surface area contributed by atoms with E-state index in [1.807, 2.05) is 11.9 Å². The lowest BCUT2D eigenvalue weighted by molar-refractivity contribution is -0.387. The normalized spacial score (nSPS) is 18.5. The second-order valence-electron chi connectivity index (χ2n) is 11.4. The van der Waals surface area contributed by atoms with Crippen molar-refractivity contribution in [3.63, 3.8) is 0 Å². The molecule has 16 nitrogen and oxygen atoms in total. The minimum atomic E-state index is -4.39. The van der Waals surface area contributed by atoms with Crippen molar-refractivity contribution in [2.24, 2.45) is 5.92 Å². The molecule has 1 fully saturated rings. The van der Waals surface area contributed by atoms with Crippen LogP contribution >= 0.6 is 0 Å². The number of pyridine rings is 2. The van der Waals surface area contributed by atoms with Gasteiger partial charge in [-0.15, -0.1) is 0 Å². The fourth-order valence-corrected chi connectivity index (χ4v) is 7.59. The number of hydrogen-bond donors (Lipinski definition) is 2. The molecule has 4 aromatic rings. The minimum absolute atomic E-state index is 0.00859. The number of anilines is 2. The van der Waals surface area contributed by atoms with Crippen molar-refractivity contribution in [3.8, 4) is 11.5 Å². The Kier molecular flexibility index (Phi) is 8.74. The van der Waals surface area contributed by atoms with Crippen LogP contribution < -0.4 is 30.0 Å². The second kappa shape index (κ2) is 12.9. The largest absolute Gasteiger partial charge is 0.495 e. The van der Waals surface area contributed by atoms with Crippen LogP contribution in [0.15, 0.2) is 64.5 Å². The number of fused-ring (bicyclic) bond motifs is 2. The maximum absolute atomic E-state index is 13.7. The standard InChI is InChI=1S/C30H32N8O8S/c1-36(30-32-15-25-29(34-30)33-27(39)17-46-25)19-9-7-18(8-10-19)22(35-47(43,44)26-6-4-3-5-23(26)38(41)42)16-37-24-13-20(45-2)14-31-21(24)11-12-28(37)40/h3-6,11-15,18-19,22,35H,7-10,16-17H2,1-2H3,(H,32,33,34,39)/t18-,19-,22?. The Labute approximate surface area is 269 Å². The number of methoxy groups -OCH3 is 1. The smallest absolute Gasteiger partial charge is 0.289 e. The van der Waals surface area contributed by atoms with E-state index in [0.29, 0.717) is 60.0 Å². The van der Waals surface area contributed by atoms with Gasteiger partial charge in [-0.2, -0.15) is 4.98 Å². The van der Waals surface area contributed by atoms with E-state index in [2.05, 4.69) is 25.0 Å². The van der Waals surface area contributed by atoms with Gasteiger partial charge in [-0.1, -0.05) is 12.1 Å². The number of nitrogens with zero attached hydrogens (tertiary/aromatic N) is 6. The molecule has 0 bridgehead atoms. The summed E-state index contributed by atoms with van der Waals surface area (Å²) in [6, 6.07) is 8.94. The van der Waals surface area contributed by atoms with Crippen molar-refractivity contribution in [1.82, 2.24) is 24.2 Å². The third kappa shape index (κ3) is 6.57. The van der Waals surface area contributed by atoms with Gasteiger partial charge in [0.2, 0.25) is 16.0 Å².